The number of amides is 1. The Bertz CT molecular complexity index is 522. The SMILES string of the molecule is CC1(C)CCCCC1NC(=O)c1ccccc1C(=O)O. The molecule has 1 unspecified atom stereocenters. The molecule has 0 heterocycles. The van der Waals surface area contributed by atoms with Crippen LogP contribution in [0.15, 0.2) is 24.3 Å². The first kappa shape index (κ1) is 14.6. The lowest BCUT2D eigenvalue weighted by Crippen LogP contribution is -2.47. The molecule has 2 N–H and O–H groups in total. The fourth-order valence-electron chi connectivity index (χ4n) is 2.87. The minimum atomic E-state index is -1.07. The largest absolute Gasteiger partial charge is 0.478 e. The van der Waals surface area contributed by atoms with E-state index in [0.29, 0.717) is 0 Å². The van der Waals surface area contributed by atoms with Gasteiger partial charge in [-0.05, 0) is 30.4 Å². The van der Waals surface area contributed by atoms with E-state index in [-0.39, 0.29) is 28.5 Å². The molecule has 108 valence electrons. The summed E-state index contributed by atoms with van der Waals surface area (Å²) in [6.07, 6.45) is 4.33. The van der Waals surface area contributed by atoms with Gasteiger partial charge in [-0.15, -0.1) is 0 Å². The topological polar surface area (TPSA) is 66.4 Å². The van der Waals surface area contributed by atoms with Gasteiger partial charge in [-0.2, -0.15) is 0 Å². The van der Waals surface area contributed by atoms with Crippen LogP contribution in [0, 0.1) is 5.41 Å². The zero-order valence-corrected chi connectivity index (χ0v) is 12.0. The summed E-state index contributed by atoms with van der Waals surface area (Å²) in [6.45, 7) is 4.31. The first-order chi connectivity index (χ1) is 9.42. The molecule has 0 saturated heterocycles. The molecular weight excluding hydrogens is 254 g/mol. The molecule has 1 aliphatic rings. The molecule has 0 bridgehead atoms. The molecule has 0 aromatic heterocycles. The average Bonchev–Trinajstić information content (AvgIpc) is 2.41. The Labute approximate surface area is 119 Å². The monoisotopic (exact) mass is 275 g/mol. The molecule has 0 radical (unpaired) electrons. The fourth-order valence-corrected chi connectivity index (χ4v) is 2.87. The smallest absolute Gasteiger partial charge is 0.336 e. The molecule has 1 atom stereocenters. The van der Waals surface area contributed by atoms with Crippen LogP contribution in [-0.2, 0) is 0 Å². The van der Waals surface area contributed by atoms with Crippen molar-refractivity contribution in [2.24, 2.45) is 5.41 Å². The van der Waals surface area contributed by atoms with E-state index in [2.05, 4.69) is 19.2 Å². The van der Waals surface area contributed by atoms with E-state index >= 15 is 0 Å². The van der Waals surface area contributed by atoms with Gasteiger partial charge < -0.3 is 10.4 Å². The maximum absolute atomic E-state index is 12.4. The Balaban J connectivity index is 2.18. The Morgan fingerprint density at radius 3 is 2.45 bits per heavy atom. The highest BCUT2D eigenvalue weighted by Crippen LogP contribution is 2.35. The van der Waals surface area contributed by atoms with Crippen molar-refractivity contribution < 1.29 is 14.7 Å². The number of benzene rings is 1. The summed E-state index contributed by atoms with van der Waals surface area (Å²) in [5.74, 6) is -1.36. The van der Waals surface area contributed by atoms with Crippen LogP contribution < -0.4 is 5.32 Å². The standard InChI is InChI=1S/C16H21NO3/c1-16(2)10-6-5-9-13(16)17-14(18)11-7-3-4-8-12(11)15(19)20/h3-4,7-8,13H,5-6,9-10H2,1-2H3,(H,17,18)(H,19,20). The van der Waals surface area contributed by atoms with Crippen molar-refractivity contribution in [3.05, 3.63) is 35.4 Å². The molecule has 1 aromatic carbocycles. The number of hydrogen-bond donors (Lipinski definition) is 2. The molecule has 2 rings (SSSR count). The Hall–Kier alpha value is -1.84. The Morgan fingerprint density at radius 2 is 1.85 bits per heavy atom. The molecule has 4 nitrogen and oxygen atoms in total. The van der Waals surface area contributed by atoms with Crippen LogP contribution in [0.2, 0.25) is 0 Å². The highest BCUT2D eigenvalue weighted by atomic mass is 16.4. The van der Waals surface area contributed by atoms with Gasteiger partial charge in [-0.25, -0.2) is 4.79 Å². The Kier molecular flexibility index (Phi) is 4.12. The molecule has 4 heteroatoms. The van der Waals surface area contributed by atoms with Crippen molar-refractivity contribution in [3.8, 4) is 0 Å². The summed E-state index contributed by atoms with van der Waals surface area (Å²) < 4.78 is 0. The lowest BCUT2D eigenvalue weighted by atomic mass is 9.73. The van der Waals surface area contributed by atoms with Gasteiger partial charge in [0.1, 0.15) is 0 Å². The van der Waals surface area contributed by atoms with Crippen LogP contribution >= 0.6 is 0 Å². The van der Waals surface area contributed by atoms with E-state index in [1.165, 1.54) is 12.5 Å². The second kappa shape index (κ2) is 5.65. The van der Waals surface area contributed by atoms with Gasteiger partial charge in [0, 0.05) is 6.04 Å². The number of aromatic carboxylic acids is 1. The molecule has 1 aromatic rings. The van der Waals surface area contributed by atoms with Gasteiger partial charge in [-0.1, -0.05) is 38.8 Å². The van der Waals surface area contributed by atoms with Crippen molar-refractivity contribution in [1.82, 2.24) is 5.32 Å². The summed E-state index contributed by atoms with van der Waals surface area (Å²) in [4.78, 5) is 23.5. The van der Waals surface area contributed by atoms with Crippen LogP contribution in [0.4, 0.5) is 0 Å². The predicted molar refractivity (Wildman–Crippen MR) is 76.9 cm³/mol. The third-order valence-electron chi connectivity index (χ3n) is 4.21. The molecule has 1 fully saturated rings. The van der Waals surface area contributed by atoms with Crippen LogP contribution in [0.25, 0.3) is 0 Å². The van der Waals surface area contributed by atoms with Gasteiger partial charge in [0.25, 0.3) is 5.91 Å². The molecule has 0 aliphatic heterocycles. The number of carbonyl (C=O) groups is 2. The second-order valence-electron chi connectivity index (χ2n) is 6.11. The van der Waals surface area contributed by atoms with Crippen molar-refractivity contribution in [1.29, 1.82) is 0 Å². The summed E-state index contributed by atoms with van der Waals surface area (Å²) >= 11 is 0. The normalized spacial score (nSPS) is 21.2. The maximum atomic E-state index is 12.4. The minimum absolute atomic E-state index is 0.0543. The quantitative estimate of drug-likeness (QED) is 0.890. The van der Waals surface area contributed by atoms with Crippen molar-refractivity contribution in [2.45, 2.75) is 45.6 Å². The second-order valence-corrected chi connectivity index (χ2v) is 6.11. The van der Waals surface area contributed by atoms with Gasteiger partial charge in [0.15, 0.2) is 0 Å². The number of carboxylic acid groups (broad SMARTS) is 1. The van der Waals surface area contributed by atoms with E-state index in [4.69, 9.17) is 5.11 Å². The van der Waals surface area contributed by atoms with Crippen LogP contribution in [0.1, 0.15) is 60.2 Å². The fraction of sp³-hybridized carbons (Fsp3) is 0.500. The zero-order valence-electron chi connectivity index (χ0n) is 12.0. The lowest BCUT2D eigenvalue weighted by Gasteiger charge is -2.39. The number of carbonyl (C=O) groups excluding carboxylic acids is 1. The number of rotatable bonds is 3. The van der Waals surface area contributed by atoms with Crippen molar-refractivity contribution in [2.75, 3.05) is 0 Å². The van der Waals surface area contributed by atoms with Gasteiger partial charge in [0.2, 0.25) is 0 Å². The van der Waals surface area contributed by atoms with Gasteiger partial charge in [0.05, 0.1) is 11.1 Å². The van der Waals surface area contributed by atoms with Crippen molar-refractivity contribution in [3.63, 3.8) is 0 Å². The Morgan fingerprint density at radius 1 is 1.20 bits per heavy atom. The van der Waals surface area contributed by atoms with E-state index in [1.807, 2.05) is 0 Å². The van der Waals surface area contributed by atoms with E-state index in [0.717, 1.165) is 19.3 Å². The van der Waals surface area contributed by atoms with Crippen LogP contribution in [0.5, 0.6) is 0 Å². The first-order valence-electron chi connectivity index (χ1n) is 7.05. The third-order valence-corrected chi connectivity index (χ3v) is 4.21. The molecule has 1 amide bonds. The van der Waals surface area contributed by atoms with Crippen molar-refractivity contribution >= 4 is 11.9 Å². The molecule has 20 heavy (non-hydrogen) atoms. The molecule has 1 saturated carbocycles. The number of hydrogen-bond acceptors (Lipinski definition) is 2. The summed E-state index contributed by atoms with van der Waals surface area (Å²) in [7, 11) is 0. The van der Waals surface area contributed by atoms with Crippen LogP contribution in [0.3, 0.4) is 0 Å². The van der Waals surface area contributed by atoms with E-state index in [9.17, 15) is 9.59 Å². The highest BCUT2D eigenvalue weighted by Gasteiger charge is 2.33. The molecule has 1 aliphatic carbocycles. The maximum Gasteiger partial charge on any atom is 0.336 e. The summed E-state index contributed by atoms with van der Waals surface area (Å²) in [5.41, 5.74) is 0.353. The predicted octanol–water partition coefficient (Wildman–Crippen LogP) is 3.08. The van der Waals surface area contributed by atoms with Gasteiger partial charge in [-0.3, -0.25) is 4.79 Å². The lowest BCUT2D eigenvalue weighted by molar-refractivity contribution is 0.0688. The summed E-state index contributed by atoms with van der Waals surface area (Å²) in [6, 6.07) is 6.45. The number of nitrogens with one attached hydrogen (secondary N) is 1. The molecular formula is C16H21NO3. The van der Waals surface area contributed by atoms with Crippen LogP contribution in [-0.4, -0.2) is 23.0 Å². The van der Waals surface area contributed by atoms with E-state index in [1.54, 1.807) is 18.2 Å². The highest BCUT2D eigenvalue weighted by molar-refractivity contribution is 6.04. The molecule has 0 spiro atoms. The zero-order chi connectivity index (χ0) is 14.8. The minimum Gasteiger partial charge on any atom is -0.478 e. The van der Waals surface area contributed by atoms with Gasteiger partial charge >= 0.3 is 5.97 Å². The van der Waals surface area contributed by atoms with E-state index < -0.39 is 5.97 Å². The summed E-state index contributed by atoms with van der Waals surface area (Å²) in [5, 5.41) is 12.2. The number of carboxylic acids is 1. The average molecular weight is 275 g/mol. The first-order valence-corrected chi connectivity index (χ1v) is 7.05. The third kappa shape index (κ3) is 3.00.